The van der Waals surface area contributed by atoms with E-state index in [1.807, 2.05) is 67.8 Å². The number of para-hydroxylation sites is 1. The van der Waals surface area contributed by atoms with Gasteiger partial charge in [0, 0.05) is 24.9 Å². The third-order valence-corrected chi connectivity index (χ3v) is 5.60. The van der Waals surface area contributed by atoms with Gasteiger partial charge in [0.15, 0.2) is 16.6 Å². The molecule has 178 valence electrons. The largest absolute Gasteiger partial charge is 0.490 e. The van der Waals surface area contributed by atoms with Crippen molar-refractivity contribution in [2.45, 2.75) is 27.2 Å². The van der Waals surface area contributed by atoms with Crippen LogP contribution in [0.15, 0.2) is 60.0 Å². The average Bonchev–Trinajstić information content (AvgIpc) is 3.28. The Hall–Kier alpha value is -3.65. The Morgan fingerprint density at radius 3 is 2.50 bits per heavy atom. The molecule has 0 aliphatic rings. The van der Waals surface area contributed by atoms with Crippen LogP contribution in [0.1, 0.15) is 32.0 Å². The number of thiazole rings is 1. The zero-order chi connectivity index (χ0) is 24.3. The van der Waals surface area contributed by atoms with Crippen LogP contribution in [-0.2, 0) is 16.0 Å². The molecule has 1 aromatic heterocycles. The molecule has 1 N–H and O–H groups in total. The Kier molecular flexibility index (Phi) is 9.22. The lowest BCUT2D eigenvalue weighted by Gasteiger charge is -2.17. The molecule has 0 saturated heterocycles. The van der Waals surface area contributed by atoms with Crippen molar-refractivity contribution in [3.05, 3.63) is 71.2 Å². The predicted octanol–water partition coefficient (Wildman–Crippen LogP) is 5.00. The van der Waals surface area contributed by atoms with E-state index in [1.165, 1.54) is 24.3 Å². The first-order valence-electron chi connectivity index (χ1n) is 11.2. The number of hydrogen-bond donors (Lipinski definition) is 1. The van der Waals surface area contributed by atoms with Gasteiger partial charge in [0.2, 0.25) is 11.8 Å². The second kappa shape index (κ2) is 12.6. The van der Waals surface area contributed by atoms with Gasteiger partial charge in [-0.1, -0.05) is 24.3 Å². The van der Waals surface area contributed by atoms with Gasteiger partial charge in [-0.25, -0.2) is 4.98 Å². The molecule has 0 unspecified atom stereocenters. The number of nitrogens with zero attached hydrogens (tertiary/aromatic N) is 2. The molecule has 3 aromatic rings. The number of rotatable bonds is 11. The first-order chi connectivity index (χ1) is 16.5. The molecule has 0 atom stereocenters. The summed E-state index contributed by atoms with van der Waals surface area (Å²) in [4.78, 5) is 30.5. The SMILES string of the molecule is CCOc1ccc(CCNC(=O)/C=C/c2csc(N(C(C)=O)c3ccccc3)n2)cc1OCC. The second-order valence-electron chi connectivity index (χ2n) is 7.27. The third kappa shape index (κ3) is 6.92. The van der Waals surface area contributed by atoms with E-state index in [2.05, 4.69) is 10.3 Å². The fraction of sp³-hybridized carbons (Fsp3) is 0.269. The lowest BCUT2D eigenvalue weighted by atomic mass is 10.1. The van der Waals surface area contributed by atoms with E-state index in [1.54, 1.807) is 11.0 Å². The Balaban J connectivity index is 1.55. The lowest BCUT2D eigenvalue weighted by Crippen LogP contribution is -2.23. The van der Waals surface area contributed by atoms with Crippen LogP contribution >= 0.6 is 11.3 Å². The maximum atomic E-state index is 12.3. The van der Waals surface area contributed by atoms with Crippen molar-refractivity contribution in [2.75, 3.05) is 24.7 Å². The topological polar surface area (TPSA) is 80.8 Å². The highest BCUT2D eigenvalue weighted by atomic mass is 32.1. The molecule has 0 radical (unpaired) electrons. The Bertz CT molecular complexity index is 1130. The standard InChI is InChI=1S/C26H29N3O4S/c1-4-32-23-13-11-20(17-24(23)33-5-2)15-16-27-25(31)14-12-21-18-34-26(28-21)29(19(3)30)22-9-7-6-8-10-22/h6-14,17-18H,4-5,15-16H2,1-3H3,(H,27,31)/b14-12+. The fourth-order valence-corrected chi connectivity index (χ4v) is 4.12. The summed E-state index contributed by atoms with van der Waals surface area (Å²) >= 11 is 1.35. The van der Waals surface area contributed by atoms with Crippen molar-refractivity contribution >= 4 is 40.0 Å². The Morgan fingerprint density at radius 1 is 1.06 bits per heavy atom. The summed E-state index contributed by atoms with van der Waals surface area (Å²) in [5.41, 5.74) is 2.41. The molecule has 34 heavy (non-hydrogen) atoms. The minimum Gasteiger partial charge on any atom is -0.490 e. The van der Waals surface area contributed by atoms with Crippen LogP contribution in [-0.4, -0.2) is 36.6 Å². The van der Waals surface area contributed by atoms with E-state index >= 15 is 0 Å². The van der Waals surface area contributed by atoms with Crippen LogP contribution in [0.3, 0.4) is 0 Å². The molecular formula is C26H29N3O4S. The maximum Gasteiger partial charge on any atom is 0.244 e. The van der Waals surface area contributed by atoms with Crippen LogP contribution in [0.2, 0.25) is 0 Å². The highest BCUT2D eigenvalue weighted by Crippen LogP contribution is 2.29. The molecular weight excluding hydrogens is 450 g/mol. The van der Waals surface area contributed by atoms with E-state index in [4.69, 9.17) is 9.47 Å². The molecule has 0 spiro atoms. The monoisotopic (exact) mass is 479 g/mol. The van der Waals surface area contributed by atoms with Gasteiger partial charge < -0.3 is 14.8 Å². The average molecular weight is 480 g/mol. The quantitative estimate of drug-likeness (QED) is 0.392. The molecule has 0 saturated carbocycles. The molecule has 3 rings (SSSR count). The summed E-state index contributed by atoms with van der Waals surface area (Å²) < 4.78 is 11.2. The van der Waals surface area contributed by atoms with Crippen molar-refractivity contribution in [1.82, 2.24) is 10.3 Å². The number of aromatic nitrogens is 1. The number of carbonyl (C=O) groups is 2. The van der Waals surface area contributed by atoms with Crippen LogP contribution in [0.25, 0.3) is 6.08 Å². The van der Waals surface area contributed by atoms with Crippen molar-refractivity contribution in [3.63, 3.8) is 0 Å². The van der Waals surface area contributed by atoms with Gasteiger partial charge in [-0.3, -0.25) is 14.5 Å². The van der Waals surface area contributed by atoms with Gasteiger partial charge in [0.05, 0.1) is 24.6 Å². The van der Waals surface area contributed by atoms with Crippen molar-refractivity contribution < 1.29 is 19.1 Å². The molecule has 0 aliphatic carbocycles. The summed E-state index contributed by atoms with van der Waals surface area (Å²) in [6, 6.07) is 15.2. The minimum absolute atomic E-state index is 0.129. The summed E-state index contributed by atoms with van der Waals surface area (Å²) in [7, 11) is 0. The van der Waals surface area contributed by atoms with E-state index in [0.29, 0.717) is 42.8 Å². The molecule has 2 aromatic carbocycles. The van der Waals surface area contributed by atoms with Crippen LogP contribution in [0.5, 0.6) is 11.5 Å². The summed E-state index contributed by atoms with van der Waals surface area (Å²) in [6.07, 6.45) is 3.75. The van der Waals surface area contributed by atoms with E-state index in [-0.39, 0.29) is 11.8 Å². The lowest BCUT2D eigenvalue weighted by molar-refractivity contribution is -0.117. The molecule has 7 nitrogen and oxygen atoms in total. The number of anilines is 2. The maximum absolute atomic E-state index is 12.3. The van der Waals surface area contributed by atoms with Crippen LogP contribution < -0.4 is 19.7 Å². The number of nitrogens with one attached hydrogen (secondary N) is 1. The normalized spacial score (nSPS) is 10.8. The molecule has 0 bridgehead atoms. The first kappa shape index (κ1) is 25.0. The van der Waals surface area contributed by atoms with Gasteiger partial charge in [0.25, 0.3) is 0 Å². The Labute approximate surface area is 204 Å². The Morgan fingerprint density at radius 2 is 1.79 bits per heavy atom. The highest BCUT2D eigenvalue weighted by molar-refractivity contribution is 7.14. The van der Waals surface area contributed by atoms with Gasteiger partial charge in [-0.05, 0) is 56.2 Å². The van der Waals surface area contributed by atoms with Crippen molar-refractivity contribution in [2.24, 2.45) is 0 Å². The minimum atomic E-state index is -0.211. The van der Waals surface area contributed by atoms with E-state index in [9.17, 15) is 9.59 Å². The zero-order valence-corrected chi connectivity index (χ0v) is 20.4. The second-order valence-corrected chi connectivity index (χ2v) is 8.10. The van der Waals surface area contributed by atoms with Crippen molar-refractivity contribution in [3.8, 4) is 11.5 Å². The number of ether oxygens (including phenoxy) is 2. The summed E-state index contributed by atoms with van der Waals surface area (Å²) in [5.74, 6) is 1.09. The van der Waals surface area contributed by atoms with E-state index in [0.717, 1.165) is 17.0 Å². The summed E-state index contributed by atoms with van der Waals surface area (Å²) in [6.45, 7) is 6.97. The first-order valence-corrected chi connectivity index (χ1v) is 12.1. The van der Waals surface area contributed by atoms with Gasteiger partial charge in [0.1, 0.15) is 0 Å². The summed E-state index contributed by atoms with van der Waals surface area (Å²) in [5, 5.41) is 5.25. The molecule has 1 heterocycles. The number of hydrogen-bond acceptors (Lipinski definition) is 6. The fourth-order valence-electron chi connectivity index (χ4n) is 3.26. The zero-order valence-electron chi connectivity index (χ0n) is 19.6. The van der Waals surface area contributed by atoms with Gasteiger partial charge in [-0.2, -0.15) is 0 Å². The molecule has 0 aliphatic heterocycles. The molecule has 2 amide bonds. The molecule has 0 fully saturated rings. The van der Waals surface area contributed by atoms with Crippen molar-refractivity contribution in [1.29, 1.82) is 0 Å². The number of amides is 2. The van der Waals surface area contributed by atoms with E-state index < -0.39 is 0 Å². The van der Waals surface area contributed by atoms with Crippen LogP contribution in [0.4, 0.5) is 10.8 Å². The number of benzene rings is 2. The highest BCUT2D eigenvalue weighted by Gasteiger charge is 2.17. The third-order valence-electron chi connectivity index (χ3n) is 4.76. The van der Waals surface area contributed by atoms with Gasteiger partial charge >= 0.3 is 0 Å². The van der Waals surface area contributed by atoms with Gasteiger partial charge in [-0.15, -0.1) is 11.3 Å². The molecule has 8 heteroatoms. The smallest absolute Gasteiger partial charge is 0.244 e. The predicted molar refractivity (Wildman–Crippen MR) is 136 cm³/mol. The number of carbonyl (C=O) groups excluding carboxylic acids is 2. The van der Waals surface area contributed by atoms with Crippen LogP contribution in [0, 0.1) is 0 Å².